The van der Waals surface area contributed by atoms with Crippen molar-refractivity contribution in [3.8, 4) is 11.8 Å². The van der Waals surface area contributed by atoms with Crippen LogP contribution in [0.15, 0.2) is 35.9 Å². The monoisotopic (exact) mass is 360 g/mol. The SMILES string of the molecule is Cc1cccc(NC(=O)/C(C#N)=C/c2cc(Cl)cc(Cl)c2O)c1C. The lowest BCUT2D eigenvalue weighted by Crippen LogP contribution is -2.14. The van der Waals surface area contributed by atoms with E-state index in [1.807, 2.05) is 32.0 Å². The summed E-state index contributed by atoms with van der Waals surface area (Å²) in [5, 5.41) is 22.2. The molecule has 0 aliphatic carbocycles. The lowest BCUT2D eigenvalue weighted by molar-refractivity contribution is -0.112. The Morgan fingerprint density at radius 3 is 2.67 bits per heavy atom. The maximum absolute atomic E-state index is 12.3. The molecule has 6 heteroatoms. The number of aryl methyl sites for hydroxylation is 1. The number of benzene rings is 2. The van der Waals surface area contributed by atoms with Gasteiger partial charge >= 0.3 is 0 Å². The van der Waals surface area contributed by atoms with E-state index in [2.05, 4.69) is 5.32 Å². The molecule has 0 saturated heterocycles. The first-order valence-electron chi connectivity index (χ1n) is 7.01. The zero-order chi connectivity index (χ0) is 17.9. The quantitative estimate of drug-likeness (QED) is 0.606. The van der Waals surface area contributed by atoms with E-state index in [1.165, 1.54) is 18.2 Å². The minimum absolute atomic E-state index is 0.0426. The van der Waals surface area contributed by atoms with Crippen molar-refractivity contribution in [3.05, 3.63) is 62.6 Å². The van der Waals surface area contributed by atoms with Crippen molar-refractivity contribution in [1.82, 2.24) is 0 Å². The van der Waals surface area contributed by atoms with Crippen LogP contribution in [0.25, 0.3) is 6.08 Å². The molecule has 0 aromatic heterocycles. The normalized spacial score (nSPS) is 11.0. The molecule has 0 saturated carbocycles. The molecular formula is C18H14Cl2N2O2. The van der Waals surface area contributed by atoms with Gasteiger partial charge in [-0.05, 0) is 49.2 Å². The zero-order valence-electron chi connectivity index (χ0n) is 13.0. The van der Waals surface area contributed by atoms with Gasteiger partial charge in [0.15, 0.2) is 0 Å². The topological polar surface area (TPSA) is 73.1 Å². The Morgan fingerprint density at radius 2 is 2.00 bits per heavy atom. The van der Waals surface area contributed by atoms with Gasteiger partial charge in [-0.3, -0.25) is 4.79 Å². The Balaban J connectivity index is 2.37. The maximum atomic E-state index is 12.3. The zero-order valence-corrected chi connectivity index (χ0v) is 14.5. The predicted octanol–water partition coefficient (Wildman–Crippen LogP) is 4.86. The summed E-state index contributed by atoms with van der Waals surface area (Å²) in [6.07, 6.45) is 1.24. The van der Waals surface area contributed by atoms with Gasteiger partial charge in [-0.1, -0.05) is 35.3 Å². The van der Waals surface area contributed by atoms with Crippen molar-refractivity contribution in [1.29, 1.82) is 5.26 Å². The van der Waals surface area contributed by atoms with Gasteiger partial charge in [-0.2, -0.15) is 5.26 Å². The van der Waals surface area contributed by atoms with Crippen LogP contribution >= 0.6 is 23.2 Å². The summed E-state index contributed by atoms with van der Waals surface area (Å²) in [5.74, 6) is -0.824. The van der Waals surface area contributed by atoms with Gasteiger partial charge in [0.25, 0.3) is 5.91 Å². The summed E-state index contributed by atoms with van der Waals surface area (Å²) in [6.45, 7) is 3.81. The van der Waals surface area contributed by atoms with E-state index in [-0.39, 0.29) is 26.9 Å². The van der Waals surface area contributed by atoms with Crippen molar-refractivity contribution < 1.29 is 9.90 Å². The van der Waals surface area contributed by atoms with E-state index in [9.17, 15) is 15.2 Å². The fourth-order valence-electron chi connectivity index (χ4n) is 2.08. The lowest BCUT2D eigenvalue weighted by Gasteiger charge is -2.10. The van der Waals surface area contributed by atoms with Crippen LogP contribution in [0.2, 0.25) is 10.0 Å². The van der Waals surface area contributed by atoms with E-state index in [4.69, 9.17) is 23.2 Å². The highest BCUT2D eigenvalue weighted by Gasteiger charge is 2.14. The second kappa shape index (κ2) is 7.39. The van der Waals surface area contributed by atoms with E-state index >= 15 is 0 Å². The van der Waals surface area contributed by atoms with Crippen LogP contribution in [0.3, 0.4) is 0 Å². The molecule has 2 N–H and O–H groups in total. The average molecular weight is 361 g/mol. The summed E-state index contributed by atoms with van der Waals surface area (Å²) in [4.78, 5) is 12.3. The predicted molar refractivity (Wildman–Crippen MR) is 96.3 cm³/mol. The van der Waals surface area contributed by atoms with Gasteiger partial charge in [0.1, 0.15) is 17.4 Å². The molecule has 1 amide bonds. The smallest absolute Gasteiger partial charge is 0.266 e. The fraction of sp³-hybridized carbons (Fsp3) is 0.111. The number of aromatic hydroxyl groups is 1. The molecule has 0 radical (unpaired) electrons. The molecule has 122 valence electrons. The molecule has 4 nitrogen and oxygen atoms in total. The van der Waals surface area contributed by atoms with E-state index in [1.54, 1.807) is 6.07 Å². The standard InChI is InChI=1S/C18H14Cl2N2O2/c1-10-4-3-5-16(11(10)2)22-18(24)13(9-21)6-12-7-14(19)8-15(20)17(12)23/h3-8,23H,1-2H3,(H,22,24)/b13-6+. The molecule has 0 bridgehead atoms. The largest absolute Gasteiger partial charge is 0.506 e. The Labute approximate surface area is 149 Å². The number of nitriles is 1. The van der Waals surface area contributed by atoms with Gasteiger partial charge in [0, 0.05) is 16.3 Å². The third-order valence-corrected chi connectivity index (χ3v) is 4.08. The molecule has 2 aromatic rings. The highest BCUT2D eigenvalue weighted by atomic mass is 35.5. The van der Waals surface area contributed by atoms with E-state index in [0.29, 0.717) is 5.69 Å². The van der Waals surface area contributed by atoms with Crippen molar-refractivity contribution >= 4 is 40.9 Å². The number of rotatable bonds is 3. The molecule has 0 aliphatic rings. The molecule has 0 aliphatic heterocycles. The van der Waals surface area contributed by atoms with Gasteiger partial charge in [-0.25, -0.2) is 0 Å². The second-order valence-electron chi connectivity index (χ2n) is 5.20. The van der Waals surface area contributed by atoms with Gasteiger partial charge in [-0.15, -0.1) is 0 Å². The van der Waals surface area contributed by atoms with Crippen LogP contribution in [0.4, 0.5) is 5.69 Å². The van der Waals surface area contributed by atoms with Crippen LogP contribution in [0.5, 0.6) is 5.75 Å². The van der Waals surface area contributed by atoms with Gasteiger partial charge < -0.3 is 10.4 Å². The third-order valence-electron chi connectivity index (χ3n) is 3.58. The van der Waals surface area contributed by atoms with Crippen molar-refractivity contribution in [2.45, 2.75) is 13.8 Å². The number of amides is 1. The Kier molecular flexibility index (Phi) is 5.50. The Morgan fingerprint density at radius 1 is 1.29 bits per heavy atom. The number of hydrogen-bond acceptors (Lipinski definition) is 3. The molecule has 0 atom stereocenters. The third kappa shape index (κ3) is 3.88. The summed E-state index contributed by atoms with van der Waals surface area (Å²) in [5.41, 5.74) is 2.57. The summed E-state index contributed by atoms with van der Waals surface area (Å²) in [6, 6.07) is 10.1. The highest BCUT2D eigenvalue weighted by Crippen LogP contribution is 2.32. The Hall–Kier alpha value is -2.48. The van der Waals surface area contributed by atoms with Crippen LogP contribution < -0.4 is 5.32 Å². The minimum atomic E-state index is -0.582. The number of hydrogen-bond donors (Lipinski definition) is 2. The van der Waals surface area contributed by atoms with Crippen LogP contribution in [0, 0.1) is 25.2 Å². The number of nitrogens with zero attached hydrogens (tertiary/aromatic N) is 1. The Bertz CT molecular complexity index is 883. The van der Waals surface area contributed by atoms with Gasteiger partial charge in [0.2, 0.25) is 0 Å². The van der Waals surface area contributed by atoms with E-state index in [0.717, 1.165) is 11.1 Å². The van der Waals surface area contributed by atoms with Crippen LogP contribution in [-0.2, 0) is 4.79 Å². The lowest BCUT2D eigenvalue weighted by atomic mass is 10.1. The number of carbonyl (C=O) groups excluding carboxylic acids is 1. The number of phenolic OH excluding ortho intramolecular Hbond substituents is 1. The first-order chi connectivity index (χ1) is 11.3. The number of halogens is 2. The maximum Gasteiger partial charge on any atom is 0.266 e. The number of phenols is 1. The summed E-state index contributed by atoms with van der Waals surface area (Å²) >= 11 is 11.7. The fourth-order valence-corrected chi connectivity index (χ4v) is 2.59. The van der Waals surface area contributed by atoms with Crippen LogP contribution in [-0.4, -0.2) is 11.0 Å². The molecule has 0 spiro atoms. The van der Waals surface area contributed by atoms with Crippen molar-refractivity contribution in [3.63, 3.8) is 0 Å². The molecule has 0 unspecified atom stereocenters. The number of carbonyl (C=O) groups is 1. The number of nitrogens with one attached hydrogen (secondary N) is 1. The molecular weight excluding hydrogens is 347 g/mol. The molecule has 0 fully saturated rings. The molecule has 24 heavy (non-hydrogen) atoms. The summed E-state index contributed by atoms with van der Waals surface area (Å²) < 4.78 is 0. The molecule has 0 heterocycles. The van der Waals surface area contributed by atoms with Crippen molar-refractivity contribution in [2.75, 3.05) is 5.32 Å². The first kappa shape index (κ1) is 17.9. The second-order valence-corrected chi connectivity index (χ2v) is 6.04. The van der Waals surface area contributed by atoms with Crippen molar-refractivity contribution in [2.24, 2.45) is 0 Å². The minimum Gasteiger partial charge on any atom is -0.506 e. The summed E-state index contributed by atoms with van der Waals surface area (Å²) in [7, 11) is 0. The molecule has 2 rings (SSSR count). The van der Waals surface area contributed by atoms with E-state index < -0.39 is 5.91 Å². The van der Waals surface area contributed by atoms with Gasteiger partial charge in [0.05, 0.1) is 5.02 Å². The highest BCUT2D eigenvalue weighted by molar-refractivity contribution is 6.36. The average Bonchev–Trinajstić information content (AvgIpc) is 2.53. The first-order valence-corrected chi connectivity index (χ1v) is 7.76. The number of anilines is 1. The molecule has 2 aromatic carbocycles. The van der Waals surface area contributed by atoms with Crippen LogP contribution in [0.1, 0.15) is 16.7 Å².